The number of amides is 3. The summed E-state index contributed by atoms with van der Waals surface area (Å²) in [6.45, 7) is 3.31. The number of imide groups is 1. The third kappa shape index (κ3) is 4.75. The largest absolute Gasteiger partial charge is 0.493 e. The van der Waals surface area contributed by atoms with Gasteiger partial charge in [0.1, 0.15) is 5.56 Å². The quantitative estimate of drug-likeness (QED) is 0.702. The second kappa shape index (κ2) is 8.76. The first kappa shape index (κ1) is 20.1. The van der Waals surface area contributed by atoms with Gasteiger partial charge in [-0.1, -0.05) is 13.8 Å². The Balaban J connectivity index is 3.17. The van der Waals surface area contributed by atoms with E-state index < -0.39 is 29.9 Å². The lowest BCUT2D eigenvalue weighted by Gasteiger charge is -2.21. The number of carbonyl (C=O) groups excluding carboxylic acids is 3. The van der Waals surface area contributed by atoms with Crippen LogP contribution in [0.2, 0.25) is 0 Å². The van der Waals surface area contributed by atoms with E-state index in [1.807, 2.05) is 5.32 Å². The van der Waals surface area contributed by atoms with Crippen LogP contribution in [0.3, 0.4) is 0 Å². The van der Waals surface area contributed by atoms with Gasteiger partial charge >= 0.3 is 12.0 Å². The van der Waals surface area contributed by atoms with Gasteiger partial charge < -0.3 is 24.7 Å². The monoisotopic (exact) mass is 354 g/mol. The van der Waals surface area contributed by atoms with E-state index in [4.69, 9.17) is 24.7 Å². The highest BCUT2D eigenvalue weighted by molar-refractivity contribution is 5.99. The molecule has 1 aromatic rings. The minimum atomic E-state index is -1.21. The Morgan fingerprint density at radius 1 is 1.00 bits per heavy atom. The van der Waals surface area contributed by atoms with Crippen LogP contribution in [0.1, 0.15) is 24.2 Å². The van der Waals surface area contributed by atoms with Crippen molar-refractivity contribution in [3.8, 4) is 17.2 Å². The number of benzene rings is 1. The van der Waals surface area contributed by atoms with Crippen molar-refractivity contribution in [3.05, 3.63) is 17.7 Å². The molecule has 1 aromatic carbocycles. The number of nitrogens with two attached hydrogens (primary N) is 1. The van der Waals surface area contributed by atoms with E-state index in [1.54, 1.807) is 13.8 Å². The van der Waals surface area contributed by atoms with E-state index in [0.717, 1.165) is 0 Å². The molecule has 0 saturated heterocycles. The molecule has 0 heterocycles. The average Bonchev–Trinajstić information content (AvgIpc) is 2.56. The first-order valence-corrected chi connectivity index (χ1v) is 7.37. The molecule has 0 unspecified atom stereocenters. The number of esters is 1. The zero-order chi connectivity index (χ0) is 19.1. The highest BCUT2D eigenvalue weighted by Gasteiger charge is 2.30. The number of nitrogens with one attached hydrogen (secondary N) is 1. The number of primary amides is 1. The highest BCUT2D eigenvalue weighted by atomic mass is 16.6. The summed E-state index contributed by atoms with van der Waals surface area (Å²) in [5, 5.41) is 1.90. The van der Waals surface area contributed by atoms with Gasteiger partial charge in [0.2, 0.25) is 5.75 Å². The van der Waals surface area contributed by atoms with Crippen molar-refractivity contribution >= 4 is 17.9 Å². The molecule has 1 rings (SSSR count). The van der Waals surface area contributed by atoms with Crippen LogP contribution in [0.5, 0.6) is 17.2 Å². The van der Waals surface area contributed by atoms with Crippen LogP contribution in [0.25, 0.3) is 0 Å². The lowest BCUT2D eigenvalue weighted by molar-refractivity contribution is -0.130. The molecule has 9 nitrogen and oxygen atoms in total. The molecule has 0 spiro atoms. The fourth-order valence-corrected chi connectivity index (χ4v) is 2.13. The van der Waals surface area contributed by atoms with Crippen molar-refractivity contribution in [3.63, 3.8) is 0 Å². The molecule has 3 amide bonds. The molecule has 0 aliphatic heterocycles. The van der Waals surface area contributed by atoms with Crippen LogP contribution < -0.4 is 25.3 Å². The summed E-state index contributed by atoms with van der Waals surface area (Å²) in [5.41, 5.74) is 4.97. The van der Waals surface area contributed by atoms with Gasteiger partial charge in [0.15, 0.2) is 17.6 Å². The smallest absolute Gasteiger partial charge is 0.342 e. The molecule has 1 atom stereocenters. The molecule has 0 radical (unpaired) electrons. The molecule has 25 heavy (non-hydrogen) atoms. The van der Waals surface area contributed by atoms with Crippen molar-refractivity contribution in [2.75, 3.05) is 21.3 Å². The number of urea groups is 1. The van der Waals surface area contributed by atoms with Crippen LogP contribution in [0.4, 0.5) is 4.79 Å². The molecular formula is C16H22N2O7. The van der Waals surface area contributed by atoms with Crippen LogP contribution in [-0.2, 0) is 9.53 Å². The Morgan fingerprint density at radius 2 is 1.60 bits per heavy atom. The number of hydrogen-bond acceptors (Lipinski definition) is 7. The Bertz CT molecular complexity index is 658. The number of carbonyl (C=O) groups is 3. The van der Waals surface area contributed by atoms with Crippen molar-refractivity contribution < 1.29 is 33.3 Å². The van der Waals surface area contributed by atoms with Crippen molar-refractivity contribution in [1.29, 1.82) is 0 Å². The van der Waals surface area contributed by atoms with Gasteiger partial charge in [0.05, 0.1) is 21.3 Å². The standard InChI is InChI=1S/C16H22N2O7/c1-8(2)11(14(19)18-16(17)21)25-15(20)9-6-7-10(22-3)13(24-5)12(9)23-4/h6-8,11H,1-5H3,(H3,17,18,19,21)/t11-/m0/s1. The first-order valence-electron chi connectivity index (χ1n) is 7.37. The first-order chi connectivity index (χ1) is 11.8. The molecule has 3 N–H and O–H groups in total. The summed E-state index contributed by atoms with van der Waals surface area (Å²) in [7, 11) is 4.19. The van der Waals surface area contributed by atoms with Crippen LogP contribution >= 0.6 is 0 Å². The maximum atomic E-state index is 12.5. The van der Waals surface area contributed by atoms with Gasteiger partial charge in [-0.15, -0.1) is 0 Å². The number of ether oxygens (including phenoxy) is 4. The number of hydrogen-bond donors (Lipinski definition) is 2. The van der Waals surface area contributed by atoms with E-state index in [1.165, 1.54) is 33.5 Å². The van der Waals surface area contributed by atoms with Gasteiger partial charge in [-0.05, 0) is 18.1 Å². The normalized spacial score (nSPS) is 11.4. The molecule has 0 saturated carbocycles. The molecule has 138 valence electrons. The van der Waals surface area contributed by atoms with E-state index in [-0.39, 0.29) is 17.1 Å². The summed E-state index contributed by atoms with van der Waals surface area (Å²) in [5.74, 6) is -1.35. The van der Waals surface area contributed by atoms with E-state index in [9.17, 15) is 14.4 Å². The Morgan fingerprint density at radius 3 is 2.04 bits per heavy atom. The van der Waals surface area contributed by atoms with Crippen LogP contribution in [0, 0.1) is 5.92 Å². The van der Waals surface area contributed by atoms with Gasteiger partial charge in [-0.2, -0.15) is 0 Å². The number of rotatable bonds is 7. The van der Waals surface area contributed by atoms with Crippen LogP contribution in [0.15, 0.2) is 12.1 Å². The Labute approximate surface area is 145 Å². The second-order valence-corrected chi connectivity index (χ2v) is 5.31. The summed E-state index contributed by atoms with van der Waals surface area (Å²) in [6, 6.07) is 1.90. The third-order valence-corrected chi connectivity index (χ3v) is 3.27. The van der Waals surface area contributed by atoms with E-state index in [2.05, 4.69) is 0 Å². The maximum Gasteiger partial charge on any atom is 0.342 e. The lowest BCUT2D eigenvalue weighted by atomic mass is 10.1. The summed E-state index contributed by atoms with van der Waals surface area (Å²) in [4.78, 5) is 35.3. The zero-order valence-electron chi connectivity index (χ0n) is 14.7. The summed E-state index contributed by atoms with van der Waals surface area (Å²) < 4.78 is 20.8. The number of methoxy groups -OCH3 is 3. The van der Waals surface area contributed by atoms with Gasteiger partial charge in [0, 0.05) is 0 Å². The third-order valence-electron chi connectivity index (χ3n) is 3.27. The fraction of sp³-hybridized carbons (Fsp3) is 0.438. The highest BCUT2D eigenvalue weighted by Crippen LogP contribution is 2.40. The minimum Gasteiger partial charge on any atom is -0.493 e. The van der Waals surface area contributed by atoms with Gasteiger partial charge in [-0.25, -0.2) is 9.59 Å². The maximum absolute atomic E-state index is 12.5. The summed E-state index contributed by atoms with van der Waals surface area (Å²) >= 11 is 0. The average molecular weight is 354 g/mol. The molecule has 0 fully saturated rings. The Hall–Kier alpha value is -2.97. The van der Waals surface area contributed by atoms with Crippen LogP contribution in [-0.4, -0.2) is 45.3 Å². The van der Waals surface area contributed by atoms with E-state index in [0.29, 0.717) is 5.75 Å². The predicted molar refractivity (Wildman–Crippen MR) is 87.9 cm³/mol. The molecule has 0 aliphatic rings. The molecule has 9 heteroatoms. The predicted octanol–water partition coefficient (Wildman–Crippen LogP) is 1.09. The Kier molecular flexibility index (Phi) is 7.04. The topological polar surface area (TPSA) is 126 Å². The van der Waals surface area contributed by atoms with E-state index >= 15 is 0 Å². The zero-order valence-corrected chi connectivity index (χ0v) is 14.7. The van der Waals surface area contributed by atoms with Crippen molar-refractivity contribution in [2.45, 2.75) is 20.0 Å². The molecule has 0 aliphatic carbocycles. The molecule has 0 aromatic heterocycles. The minimum absolute atomic E-state index is 0.0395. The lowest BCUT2D eigenvalue weighted by Crippen LogP contribution is -2.45. The fourth-order valence-electron chi connectivity index (χ4n) is 2.13. The SMILES string of the molecule is COc1ccc(C(=O)O[C@H](C(=O)NC(N)=O)C(C)C)c(OC)c1OC. The molecular weight excluding hydrogens is 332 g/mol. The summed E-state index contributed by atoms with van der Waals surface area (Å²) in [6.07, 6.45) is -1.21. The van der Waals surface area contributed by atoms with Gasteiger partial charge in [0.25, 0.3) is 5.91 Å². The van der Waals surface area contributed by atoms with Crippen molar-refractivity contribution in [1.82, 2.24) is 5.32 Å². The second-order valence-electron chi connectivity index (χ2n) is 5.31. The van der Waals surface area contributed by atoms with Gasteiger partial charge in [-0.3, -0.25) is 10.1 Å². The molecule has 0 bridgehead atoms. The van der Waals surface area contributed by atoms with Crippen molar-refractivity contribution in [2.24, 2.45) is 11.7 Å².